The first-order chi connectivity index (χ1) is 8.27. The van der Waals surface area contributed by atoms with Gasteiger partial charge in [0, 0.05) is 33.0 Å². The van der Waals surface area contributed by atoms with Crippen molar-refractivity contribution in [2.45, 2.75) is 46.1 Å². The number of rotatable bonds is 9. The third kappa shape index (κ3) is 5.22. The summed E-state index contributed by atoms with van der Waals surface area (Å²) in [7, 11) is 1.73. The highest BCUT2D eigenvalue weighted by molar-refractivity contribution is 5.28. The van der Waals surface area contributed by atoms with Crippen LogP contribution in [0.1, 0.15) is 38.3 Å². The lowest BCUT2D eigenvalue weighted by Crippen LogP contribution is -2.10. The number of aromatic nitrogens is 2. The van der Waals surface area contributed by atoms with Gasteiger partial charge < -0.3 is 14.6 Å². The predicted octanol–water partition coefficient (Wildman–Crippen LogP) is 2.83. The summed E-state index contributed by atoms with van der Waals surface area (Å²) in [4.78, 5) is 4.50. The van der Waals surface area contributed by atoms with Gasteiger partial charge in [-0.15, -0.1) is 0 Å². The molecule has 0 amide bonds. The molecule has 0 aliphatic carbocycles. The van der Waals surface area contributed by atoms with Gasteiger partial charge in [-0.2, -0.15) is 0 Å². The van der Waals surface area contributed by atoms with Gasteiger partial charge in [0.05, 0.1) is 5.69 Å². The van der Waals surface area contributed by atoms with Crippen LogP contribution in [-0.4, -0.2) is 29.8 Å². The van der Waals surface area contributed by atoms with Crippen LogP contribution in [0.25, 0.3) is 0 Å². The number of anilines is 1. The van der Waals surface area contributed by atoms with Crippen molar-refractivity contribution in [3.05, 3.63) is 11.9 Å². The molecule has 0 unspecified atom stereocenters. The first-order valence-electron chi connectivity index (χ1n) is 6.54. The van der Waals surface area contributed by atoms with E-state index >= 15 is 0 Å². The van der Waals surface area contributed by atoms with Crippen LogP contribution in [0.5, 0.6) is 0 Å². The van der Waals surface area contributed by atoms with Gasteiger partial charge in [-0.25, -0.2) is 4.98 Å². The minimum Gasteiger partial charge on any atom is -0.385 e. The first kappa shape index (κ1) is 14.0. The summed E-state index contributed by atoms with van der Waals surface area (Å²) in [5.74, 6) is 0.995. The Morgan fingerprint density at radius 2 is 2.18 bits per heavy atom. The molecule has 1 N–H and O–H groups in total. The van der Waals surface area contributed by atoms with E-state index in [0.717, 1.165) is 37.8 Å². The second-order valence-electron chi connectivity index (χ2n) is 4.38. The number of methoxy groups -OCH3 is 1. The number of unbranched alkanes of at least 4 members (excludes halogenated alkanes) is 2. The molecule has 0 bridgehead atoms. The van der Waals surface area contributed by atoms with Crippen LogP contribution in [0.3, 0.4) is 0 Å². The number of hydrogen-bond acceptors (Lipinski definition) is 3. The van der Waals surface area contributed by atoms with E-state index in [9.17, 15) is 0 Å². The SMILES string of the molecule is CCCCCn1cc(C)nc1NCCCOC. The molecule has 17 heavy (non-hydrogen) atoms. The Balaban J connectivity index is 2.40. The van der Waals surface area contributed by atoms with Crippen molar-refractivity contribution in [2.75, 3.05) is 25.6 Å². The topological polar surface area (TPSA) is 39.1 Å². The van der Waals surface area contributed by atoms with Crippen LogP contribution in [0.15, 0.2) is 6.20 Å². The van der Waals surface area contributed by atoms with Gasteiger partial charge in [-0.1, -0.05) is 19.8 Å². The Morgan fingerprint density at radius 1 is 1.35 bits per heavy atom. The zero-order valence-electron chi connectivity index (χ0n) is 11.3. The standard InChI is InChI=1S/C13H25N3O/c1-4-5-6-9-16-11-12(2)15-13(16)14-8-7-10-17-3/h11H,4-10H2,1-3H3,(H,14,15). The third-order valence-electron chi connectivity index (χ3n) is 2.71. The minimum absolute atomic E-state index is 0.794. The Labute approximate surface area is 104 Å². The Kier molecular flexibility index (Phi) is 6.70. The normalized spacial score (nSPS) is 10.8. The molecular weight excluding hydrogens is 214 g/mol. The summed E-state index contributed by atoms with van der Waals surface area (Å²) in [5.41, 5.74) is 1.08. The predicted molar refractivity (Wildman–Crippen MR) is 71.5 cm³/mol. The van der Waals surface area contributed by atoms with E-state index in [2.05, 4.69) is 28.0 Å². The molecule has 0 aromatic carbocycles. The fraction of sp³-hybridized carbons (Fsp3) is 0.769. The molecule has 4 heteroatoms. The average Bonchev–Trinajstić information content (AvgIpc) is 2.66. The van der Waals surface area contributed by atoms with Gasteiger partial charge in [0.1, 0.15) is 0 Å². The van der Waals surface area contributed by atoms with Crippen molar-refractivity contribution < 1.29 is 4.74 Å². The first-order valence-corrected chi connectivity index (χ1v) is 6.54. The molecule has 1 heterocycles. The van der Waals surface area contributed by atoms with Gasteiger partial charge in [0.15, 0.2) is 0 Å². The van der Waals surface area contributed by atoms with Gasteiger partial charge in [-0.3, -0.25) is 0 Å². The number of hydrogen-bond donors (Lipinski definition) is 1. The fourth-order valence-corrected chi connectivity index (χ4v) is 1.81. The summed E-state index contributed by atoms with van der Waals surface area (Å²) in [5, 5.41) is 3.37. The number of nitrogens with one attached hydrogen (secondary N) is 1. The maximum absolute atomic E-state index is 5.03. The number of imidazole rings is 1. The van der Waals surface area contributed by atoms with E-state index in [0.29, 0.717) is 0 Å². The maximum atomic E-state index is 5.03. The van der Waals surface area contributed by atoms with Crippen LogP contribution >= 0.6 is 0 Å². The molecular formula is C13H25N3O. The largest absolute Gasteiger partial charge is 0.385 e. The van der Waals surface area contributed by atoms with Crippen molar-refractivity contribution >= 4 is 5.95 Å². The molecule has 0 radical (unpaired) electrons. The van der Waals surface area contributed by atoms with E-state index in [1.54, 1.807) is 7.11 Å². The lowest BCUT2D eigenvalue weighted by atomic mass is 10.2. The lowest BCUT2D eigenvalue weighted by molar-refractivity contribution is 0.197. The molecule has 1 rings (SSSR count). The lowest BCUT2D eigenvalue weighted by Gasteiger charge is -2.09. The molecule has 0 aliphatic heterocycles. The van der Waals surface area contributed by atoms with Gasteiger partial charge in [0.25, 0.3) is 0 Å². The van der Waals surface area contributed by atoms with Crippen LogP contribution in [0.2, 0.25) is 0 Å². The summed E-state index contributed by atoms with van der Waals surface area (Å²) < 4.78 is 7.25. The van der Waals surface area contributed by atoms with Crippen molar-refractivity contribution in [1.29, 1.82) is 0 Å². The molecule has 0 fully saturated rings. The Morgan fingerprint density at radius 3 is 2.88 bits per heavy atom. The van der Waals surface area contributed by atoms with Crippen molar-refractivity contribution in [3.63, 3.8) is 0 Å². The van der Waals surface area contributed by atoms with Gasteiger partial charge in [-0.05, 0) is 19.8 Å². The quantitative estimate of drug-likeness (QED) is 0.673. The Bertz CT molecular complexity index is 310. The second kappa shape index (κ2) is 8.12. The van der Waals surface area contributed by atoms with Crippen molar-refractivity contribution in [1.82, 2.24) is 9.55 Å². The number of ether oxygens (including phenoxy) is 1. The molecule has 0 spiro atoms. The maximum Gasteiger partial charge on any atom is 0.203 e. The highest BCUT2D eigenvalue weighted by Gasteiger charge is 2.04. The van der Waals surface area contributed by atoms with Crippen LogP contribution in [-0.2, 0) is 11.3 Å². The summed E-state index contributed by atoms with van der Waals surface area (Å²) in [6.07, 6.45) is 6.88. The average molecular weight is 239 g/mol. The summed E-state index contributed by atoms with van der Waals surface area (Å²) in [6.45, 7) is 7.03. The molecule has 0 saturated heterocycles. The zero-order chi connectivity index (χ0) is 12.5. The second-order valence-corrected chi connectivity index (χ2v) is 4.38. The van der Waals surface area contributed by atoms with Gasteiger partial charge >= 0.3 is 0 Å². The van der Waals surface area contributed by atoms with Crippen LogP contribution in [0, 0.1) is 6.92 Å². The summed E-state index contributed by atoms with van der Waals surface area (Å²) >= 11 is 0. The van der Waals surface area contributed by atoms with Crippen LogP contribution < -0.4 is 5.32 Å². The van der Waals surface area contributed by atoms with E-state index in [1.807, 2.05) is 6.92 Å². The number of aryl methyl sites for hydroxylation is 2. The fourth-order valence-electron chi connectivity index (χ4n) is 1.81. The van der Waals surface area contributed by atoms with E-state index < -0.39 is 0 Å². The molecule has 98 valence electrons. The van der Waals surface area contributed by atoms with E-state index in [-0.39, 0.29) is 0 Å². The summed E-state index contributed by atoms with van der Waals surface area (Å²) in [6, 6.07) is 0. The molecule has 4 nitrogen and oxygen atoms in total. The molecule has 1 aromatic rings. The zero-order valence-corrected chi connectivity index (χ0v) is 11.3. The van der Waals surface area contributed by atoms with E-state index in [1.165, 1.54) is 19.3 Å². The monoisotopic (exact) mass is 239 g/mol. The highest BCUT2D eigenvalue weighted by atomic mass is 16.5. The number of nitrogens with zero attached hydrogens (tertiary/aromatic N) is 2. The van der Waals surface area contributed by atoms with Gasteiger partial charge in [0.2, 0.25) is 5.95 Å². The van der Waals surface area contributed by atoms with E-state index in [4.69, 9.17) is 4.74 Å². The molecule has 1 aromatic heterocycles. The molecule has 0 saturated carbocycles. The third-order valence-corrected chi connectivity index (χ3v) is 2.71. The van der Waals surface area contributed by atoms with Crippen molar-refractivity contribution in [3.8, 4) is 0 Å². The molecule has 0 aliphatic rings. The minimum atomic E-state index is 0.794. The Hall–Kier alpha value is -1.03. The van der Waals surface area contributed by atoms with Crippen molar-refractivity contribution in [2.24, 2.45) is 0 Å². The highest BCUT2D eigenvalue weighted by Crippen LogP contribution is 2.10. The van der Waals surface area contributed by atoms with Crippen LogP contribution in [0.4, 0.5) is 5.95 Å². The smallest absolute Gasteiger partial charge is 0.203 e. The molecule has 0 atom stereocenters.